The summed E-state index contributed by atoms with van der Waals surface area (Å²) in [7, 11) is -3.69. The number of aryl methyl sites for hydroxylation is 1. The molecule has 4 rings (SSSR count). The fourth-order valence-corrected chi connectivity index (χ4v) is 3.87. The molecule has 0 unspecified atom stereocenters. The van der Waals surface area contributed by atoms with E-state index >= 15 is 0 Å². The average Bonchev–Trinajstić information content (AvgIpc) is 3.14. The lowest BCUT2D eigenvalue weighted by atomic mass is 10.1. The van der Waals surface area contributed by atoms with Crippen LogP contribution in [-0.4, -0.2) is 23.0 Å². The minimum absolute atomic E-state index is 0.0826. The van der Waals surface area contributed by atoms with Crippen LogP contribution < -0.4 is 5.14 Å². The van der Waals surface area contributed by atoms with Crippen LogP contribution in [0.5, 0.6) is 0 Å². The minimum atomic E-state index is -3.69. The van der Waals surface area contributed by atoms with Gasteiger partial charge in [-0.05, 0) is 19.1 Å². The molecule has 0 bridgehead atoms. The molecule has 0 saturated carbocycles. The monoisotopic (exact) mass is 370 g/mol. The maximum absolute atomic E-state index is 11.3. The number of nitrogens with two attached hydrogens (primary N) is 1. The van der Waals surface area contributed by atoms with E-state index in [2.05, 4.69) is 22.2 Å². The summed E-state index contributed by atoms with van der Waals surface area (Å²) in [5, 5.41) is 10.4. The lowest BCUT2D eigenvalue weighted by Crippen LogP contribution is -2.11. The Labute approximate surface area is 148 Å². The third-order valence-electron chi connectivity index (χ3n) is 3.82. The van der Waals surface area contributed by atoms with Crippen LogP contribution in [0.4, 0.5) is 0 Å². The Balaban J connectivity index is 1.68. The van der Waals surface area contributed by atoms with E-state index in [1.54, 1.807) is 16.6 Å². The Kier molecular flexibility index (Phi) is 3.68. The van der Waals surface area contributed by atoms with E-state index in [0.717, 1.165) is 26.8 Å². The van der Waals surface area contributed by atoms with Gasteiger partial charge in [0.05, 0.1) is 16.8 Å². The van der Waals surface area contributed by atoms with Gasteiger partial charge in [0.15, 0.2) is 0 Å². The first-order valence-corrected chi connectivity index (χ1v) is 9.83. The molecule has 0 spiro atoms. The molecule has 0 atom stereocenters. The molecule has 0 saturated heterocycles. The van der Waals surface area contributed by atoms with E-state index in [-0.39, 0.29) is 4.90 Å². The molecule has 8 heteroatoms. The standard InChI is InChI=1S/C17H14N4O2S2/c1-11-2-4-12(5-3-11)15-10-21-17(19-15)24-16(20-21)13-6-8-14(9-7-13)25(18,22)23/h2-10H,1H3,(H2,18,22,23). The summed E-state index contributed by atoms with van der Waals surface area (Å²) in [6.45, 7) is 2.05. The number of rotatable bonds is 3. The highest BCUT2D eigenvalue weighted by atomic mass is 32.2. The van der Waals surface area contributed by atoms with Gasteiger partial charge in [0, 0.05) is 11.1 Å². The number of hydrogen-bond donors (Lipinski definition) is 1. The minimum Gasteiger partial charge on any atom is -0.225 e. The zero-order valence-corrected chi connectivity index (χ0v) is 14.9. The molecule has 0 aliphatic carbocycles. The van der Waals surface area contributed by atoms with Crippen LogP contribution in [0.1, 0.15) is 5.56 Å². The van der Waals surface area contributed by atoms with E-state index in [0.29, 0.717) is 0 Å². The van der Waals surface area contributed by atoms with Crippen molar-refractivity contribution in [3.63, 3.8) is 0 Å². The second-order valence-corrected chi connectivity index (χ2v) is 8.21. The van der Waals surface area contributed by atoms with Gasteiger partial charge in [-0.2, -0.15) is 5.10 Å². The fraction of sp³-hybridized carbons (Fsp3) is 0.0588. The van der Waals surface area contributed by atoms with Gasteiger partial charge < -0.3 is 0 Å². The van der Waals surface area contributed by atoms with Gasteiger partial charge in [-0.1, -0.05) is 53.3 Å². The highest BCUT2D eigenvalue weighted by Gasteiger charge is 2.12. The second kappa shape index (κ2) is 5.76. The van der Waals surface area contributed by atoms with Gasteiger partial charge in [0.1, 0.15) is 5.01 Å². The van der Waals surface area contributed by atoms with Gasteiger partial charge in [0.25, 0.3) is 0 Å². The van der Waals surface area contributed by atoms with Gasteiger partial charge in [-0.3, -0.25) is 0 Å². The van der Waals surface area contributed by atoms with E-state index < -0.39 is 10.0 Å². The van der Waals surface area contributed by atoms with Crippen LogP contribution in [0.15, 0.2) is 59.6 Å². The third-order valence-corrected chi connectivity index (χ3v) is 5.72. The number of sulfonamides is 1. The number of benzene rings is 2. The number of imidazole rings is 1. The smallest absolute Gasteiger partial charge is 0.225 e. The predicted octanol–water partition coefficient (Wildman–Crippen LogP) is 3.08. The molecular weight excluding hydrogens is 356 g/mol. The van der Waals surface area contributed by atoms with Crippen molar-refractivity contribution in [2.45, 2.75) is 11.8 Å². The maximum atomic E-state index is 11.3. The second-order valence-electron chi connectivity index (χ2n) is 5.70. The normalized spacial score (nSPS) is 11.9. The lowest BCUT2D eigenvalue weighted by molar-refractivity contribution is 0.598. The molecule has 0 aliphatic rings. The first-order chi connectivity index (χ1) is 11.9. The van der Waals surface area contributed by atoms with E-state index in [1.165, 1.54) is 29.0 Å². The number of fused-ring (bicyclic) bond motifs is 1. The Bertz CT molecular complexity index is 1130. The van der Waals surface area contributed by atoms with Gasteiger partial charge in [0.2, 0.25) is 15.0 Å². The maximum Gasteiger partial charge on any atom is 0.238 e. The van der Waals surface area contributed by atoms with Crippen molar-refractivity contribution >= 4 is 26.3 Å². The molecule has 0 radical (unpaired) electrons. The summed E-state index contributed by atoms with van der Waals surface area (Å²) in [5.74, 6) is 0. The molecule has 0 fully saturated rings. The first-order valence-electron chi connectivity index (χ1n) is 7.47. The van der Waals surface area contributed by atoms with Crippen molar-refractivity contribution < 1.29 is 8.42 Å². The quantitative estimate of drug-likeness (QED) is 0.600. The van der Waals surface area contributed by atoms with Crippen LogP contribution in [0.3, 0.4) is 0 Å². The Hall–Kier alpha value is -2.55. The molecule has 2 N–H and O–H groups in total. The number of nitrogens with zero attached hydrogens (tertiary/aromatic N) is 3. The highest BCUT2D eigenvalue weighted by Crippen LogP contribution is 2.28. The Morgan fingerprint density at radius 2 is 1.64 bits per heavy atom. The molecule has 6 nitrogen and oxygen atoms in total. The third kappa shape index (κ3) is 3.07. The van der Waals surface area contributed by atoms with Gasteiger partial charge in [-0.25, -0.2) is 23.1 Å². The molecule has 4 aromatic rings. The zero-order chi connectivity index (χ0) is 17.6. The predicted molar refractivity (Wildman–Crippen MR) is 97.8 cm³/mol. The molecule has 2 heterocycles. The summed E-state index contributed by atoms with van der Waals surface area (Å²) in [5.41, 5.74) is 3.94. The first kappa shape index (κ1) is 15.9. The highest BCUT2D eigenvalue weighted by molar-refractivity contribution is 7.89. The van der Waals surface area contributed by atoms with Crippen LogP contribution in [0.2, 0.25) is 0 Å². The summed E-state index contributed by atoms with van der Waals surface area (Å²) in [4.78, 5) is 5.48. The van der Waals surface area contributed by atoms with E-state index in [4.69, 9.17) is 5.14 Å². The van der Waals surface area contributed by atoms with Gasteiger partial charge in [-0.15, -0.1) is 0 Å². The molecule has 2 aromatic carbocycles. The fourth-order valence-electron chi connectivity index (χ4n) is 2.47. The summed E-state index contributed by atoms with van der Waals surface area (Å²) >= 11 is 1.44. The average molecular weight is 370 g/mol. The number of aromatic nitrogens is 3. The Morgan fingerprint density at radius 3 is 2.24 bits per heavy atom. The lowest BCUT2D eigenvalue weighted by Gasteiger charge is -1.99. The van der Waals surface area contributed by atoms with Crippen LogP contribution in [0.25, 0.3) is 26.8 Å². The number of hydrogen-bond acceptors (Lipinski definition) is 5. The zero-order valence-electron chi connectivity index (χ0n) is 13.2. The summed E-state index contributed by atoms with van der Waals surface area (Å²) < 4.78 is 24.4. The largest absolute Gasteiger partial charge is 0.238 e. The number of primary sulfonamides is 1. The molecular formula is C17H14N4O2S2. The molecule has 2 aromatic heterocycles. The molecule has 25 heavy (non-hydrogen) atoms. The van der Waals surface area contributed by atoms with E-state index in [9.17, 15) is 8.42 Å². The summed E-state index contributed by atoms with van der Waals surface area (Å²) in [6.07, 6.45) is 1.89. The van der Waals surface area contributed by atoms with Crippen LogP contribution >= 0.6 is 11.3 Å². The van der Waals surface area contributed by atoms with Crippen molar-refractivity contribution in [1.82, 2.24) is 14.6 Å². The SMILES string of the molecule is Cc1ccc(-c2cn3nc(-c4ccc(S(N)(=O)=O)cc4)sc3n2)cc1. The van der Waals surface area contributed by atoms with Crippen molar-refractivity contribution in [2.24, 2.45) is 5.14 Å². The van der Waals surface area contributed by atoms with Crippen molar-refractivity contribution in [1.29, 1.82) is 0 Å². The molecule has 0 aliphatic heterocycles. The topological polar surface area (TPSA) is 90.4 Å². The molecule has 126 valence electrons. The van der Waals surface area contributed by atoms with Crippen molar-refractivity contribution in [3.8, 4) is 21.8 Å². The van der Waals surface area contributed by atoms with Crippen molar-refractivity contribution in [3.05, 3.63) is 60.3 Å². The van der Waals surface area contributed by atoms with Gasteiger partial charge >= 0.3 is 0 Å². The van der Waals surface area contributed by atoms with Crippen LogP contribution in [0, 0.1) is 6.92 Å². The van der Waals surface area contributed by atoms with E-state index in [1.807, 2.05) is 25.3 Å². The molecule has 0 amide bonds. The summed E-state index contributed by atoms with van der Waals surface area (Å²) in [6, 6.07) is 14.5. The van der Waals surface area contributed by atoms with Crippen molar-refractivity contribution in [2.75, 3.05) is 0 Å². The Morgan fingerprint density at radius 1 is 1.00 bits per heavy atom. The van der Waals surface area contributed by atoms with Crippen LogP contribution in [-0.2, 0) is 10.0 Å².